The lowest BCUT2D eigenvalue weighted by Crippen LogP contribution is -2.35. The smallest absolute Gasteiger partial charge is 0.288 e. The van der Waals surface area contributed by atoms with Crippen molar-refractivity contribution in [3.8, 4) is 0 Å². The molecule has 0 aliphatic heterocycles. The maximum absolute atomic E-state index is 12.4. The summed E-state index contributed by atoms with van der Waals surface area (Å²) in [7, 11) is 1.45. The Hall–Kier alpha value is -2.93. The van der Waals surface area contributed by atoms with Gasteiger partial charge >= 0.3 is 0 Å². The molecule has 0 fully saturated rings. The SMILES string of the molecule is CCc1ccccc1NC(=O)CN(C)C(=O)c1ccc(Cl)c([N+](=O)[O-])c1. The third kappa shape index (κ3) is 4.58. The lowest BCUT2D eigenvalue weighted by Gasteiger charge is -2.17. The molecule has 2 aromatic rings. The second kappa shape index (κ2) is 8.44. The van der Waals surface area contributed by atoms with Crippen LogP contribution in [0.25, 0.3) is 0 Å². The van der Waals surface area contributed by atoms with Crippen molar-refractivity contribution < 1.29 is 14.5 Å². The van der Waals surface area contributed by atoms with Crippen molar-refractivity contribution in [3.63, 3.8) is 0 Å². The molecule has 136 valence electrons. The maximum atomic E-state index is 12.4. The zero-order valence-corrected chi connectivity index (χ0v) is 15.1. The quantitative estimate of drug-likeness (QED) is 0.617. The molecule has 7 nitrogen and oxygen atoms in total. The summed E-state index contributed by atoms with van der Waals surface area (Å²) >= 11 is 5.75. The number of para-hydroxylation sites is 1. The van der Waals surface area contributed by atoms with Crippen molar-refractivity contribution >= 4 is 34.8 Å². The Morgan fingerprint density at radius 3 is 2.58 bits per heavy atom. The molecule has 0 heterocycles. The predicted molar refractivity (Wildman–Crippen MR) is 99.5 cm³/mol. The number of nitrogens with one attached hydrogen (secondary N) is 1. The number of likely N-dealkylation sites (N-methyl/N-ethyl adjacent to an activating group) is 1. The number of benzene rings is 2. The number of carbonyl (C=O) groups is 2. The van der Waals surface area contributed by atoms with Gasteiger partial charge in [0.2, 0.25) is 5.91 Å². The molecule has 8 heteroatoms. The fourth-order valence-corrected chi connectivity index (χ4v) is 2.62. The monoisotopic (exact) mass is 375 g/mol. The topological polar surface area (TPSA) is 92.6 Å². The van der Waals surface area contributed by atoms with E-state index in [1.807, 2.05) is 25.1 Å². The second-order valence-electron chi connectivity index (χ2n) is 5.64. The molecule has 2 aromatic carbocycles. The van der Waals surface area contributed by atoms with E-state index in [9.17, 15) is 19.7 Å². The van der Waals surface area contributed by atoms with E-state index in [2.05, 4.69) is 5.32 Å². The molecule has 0 saturated heterocycles. The summed E-state index contributed by atoms with van der Waals surface area (Å²) in [4.78, 5) is 36.1. The zero-order chi connectivity index (χ0) is 19.3. The van der Waals surface area contributed by atoms with Gasteiger partial charge in [-0.2, -0.15) is 0 Å². The van der Waals surface area contributed by atoms with E-state index in [1.54, 1.807) is 6.07 Å². The van der Waals surface area contributed by atoms with E-state index in [1.165, 1.54) is 24.1 Å². The van der Waals surface area contributed by atoms with E-state index < -0.39 is 10.8 Å². The first-order valence-electron chi connectivity index (χ1n) is 7.90. The highest BCUT2D eigenvalue weighted by molar-refractivity contribution is 6.32. The number of rotatable bonds is 6. The van der Waals surface area contributed by atoms with Gasteiger partial charge in [-0.05, 0) is 30.2 Å². The minimum Gasteiger partial charge on any atom is -0.332 e. The molecule has 2 amide bonds. The predicted octanol–water partition coefficient (Wildman–Crippen LogP) is 3.52. The third-order valence-corrected chi connectivity index (χ3v) is 4.11. The van der Waals surface area contributed by atoms with E-state index in [0.29, 0.717) is 5.69 Å². The number of halogens is 1. The summed E-state index contributed by atoms with van der Waals surface area (Å²) in [5.41, 5.74) is 1.42. The summed E-state index contributed by atoms with van der Waals surface area (Å²) in [5.74, 6) is -0.867. The first kappa shape index (κ1) is 19.4. The van der Waals surface area contributed by atoms with Crippen LogP contribution in [0.5, 0.6) is 0 Å². The first-order valence-corrected chi connectivity index (χ1v) is 8.28. The average Bonchev–Trinajstić information content (AvgIpc) is 2.61. The van der Waals surface area contributed by atoms with Crippen LogP contribution < -0.4 is 5.32 Å². The van der Waals surface area contributed by atoms with Gasteiger partial charge < -0.3 is 10.2 Å². The average molecular weight is 376 g/mol. The lowest BCUT2D eigenvalue weighted by molar-refractivity contribution is -0.384. The summed E-state index contributed by atoms with van der Waals surface area (Å²) < 4.78 is 0. The van der Waals surface area contributed by atoms with Crippen LogP contribution in [0.4, 0.5) is 11.4 Å². The molecule has 0 aromatic heterocycles. The van der Waals surface area contributed by atoms with Crippen LogP contribution in [0.3, 0.4) is 0 Å². The summed E-state index contributed by atoms with van der Waals surface area (Å²) in [6, 6.07) is 11.2. The van der Waals surface area contributed by atoms with Gasteiger partial charge in [-0.15, -0.1) is 0 Å². The molecular formula is C18H18ClN3O4. The van der Waals surface area contributed by atoms with Crippen molar-refractivity contribution in [2.45, 2.75) is 13.3 Å². The fraction of sp³-hybridized carbons (Fsp3) is 0.222. The summed E-state index contributed by atoms with van der Waals surface area (Å²) in [6.45, 7) is 1.79. The van der Waals surface area contributed by atoms with Crippen LogP contribution in [0.15, 0.2) is 42.5 Å². The van der Waals surface area contributed by atoms with Gasteiger partial charge in [0.25, 0.3) is 11.6 Å². The van der Waals surface area contributed by atoms with Crippen LogP contribution >= 0.6 is 11.6 Å². The molecular weight excluding hydrogens is 358 g/mol. The Morgan fingerprint density at radius 2 is 1.92 bits per heavy atom. The molecule has 0 unspecified atom stereocenters. The number of nitro groups is 1. The van der Waals surface area contributed by atoms with Crippen molar-refractivity contribution in [1.82, 2.24) is 4.90 Å². The fourth-order valence-electron chi connectivity index (χ4n) is 2.43. The Kier molecular flexibility index (Phi) is 6.30. The lowest BCUT2D eigenvalue weighted by atomic mass is 10.1. The minimum absolute atomic E-state index is 0.0527. The van der Waals surface area contributed by atoms with Gasteiger partial charge in [-0.3, -0.25) is 19.7 Å². The molecule has 1 N–H and O–H groups in total. The number of amides is 2. The second-order valence-corrected chi connectivity index (χ2v) is 6.05. The zero-order valence-electron chi connectivity index (χ0n) is 14.4. The normalized spacial score (nSPS) is 10.3. The van der Waals surface area contributed by atoms with Crippen molar-refractivity contribution in [2.24, 2.45) is 0 Å². The van der Waals surface area contributed by atoms with E-state index >= 15 is 0 Å². The number of aryl methyl sites for hydroxylation is 1. The number of nitro benzene ring substituents is 1. The molecule has 26 heavy (non-hydrogen) atoms. The Labute approximate surface area is 155 Å². The van der Waals surface area contributed by atoms with Gasteiger partial charge in [-0.1, -0.05) is 36.7 Å². The standard InChI is InChI=1S/C18H18ClN3O4/c1-3-12-6-4-5-7-15(12)20-17(23)11-21(2)18(24)13-8-9-14(19)16(10-13)22(25)26/h4-10H,3,11H2,1-2H3,(H,20,23). The number of nitrogens with zero attached hydrogens (tertiary/aromatic N) is 2. The van der Waals surface area contributed by atoms with Crippen LogP contribution in [0.1, 0.15) is 22.8 Å². The van der Waals surface area contributed by atoms with Crippen molar-refractivity contribution in [3.05, 3.63) is 68.7 Å². The maximum Gasteiger partial charge on any atom is 0.288 e. The molecule has 0 saturated carbocycles. The van der Waals surface area contributed by atoms with Crippen LogP contribution in [0, 0.1) is 10.1 Å². The first-order chi connectivity index (χ1) is 12.3. The minimum atomic E-state index is -0.659. The number of carbonyl (C=O) groups excluding carboxylic acids is 2. The van der Waals surface area contributed by atoms with Crippen LogP contribution in [-0.2, 0) is 11.2 Å². The highest BCUT2D eigenvalue weighted by atomic mass is 35.5. The number of hydrogen-bond donors (Lipinski definition) is 1. The van der Waals surface area contributed by atoms with E-state index in [-0.39, 0.29) is 28.7 Å². The largest absolute Gasteiger partial charge is 0.332 e. The molecule has 0 spiro atoms. The molecule has 0 radical (unpaired) electrons. The van der Waals surface area contributed by atoms with Gasteiger partial charge in [0, 0.05) is 24.4 Å². The van der Waals surface area contributed by atoms with Crippen molar-refractivity contribution in [1.29, 1.82) is 0 Å². The van der Waals surface area contributed by atoms with Gasteiger partial charge in [-0.25, -0.2) is 0 Å². The highest BCUT2D eigenvalue weighted by Gasteiger charge is 2.20. The molecule has 0 aliphatic rings. The van der Waals surface area contributed by atoms with Crippen LogP contribution in [-0.4, -0.2) is 35.2 Å². The molecule has 2 rings (SSSR count). The highest BCUT2D eigenvalue weighted by Crippen LogP contribution is 2.25. The summed E-state index contributed by atoms with van der Waals surface area (Å²) in [6.07, 6.45) is 0.764. The Bertz CT molecular complexity index is 854. The van der Waals surface area contributed by atoms with E-state index in [4.69, 9.17) is 11.6 Å². The third-order valence-electron chi connectivity index (χ3n) is 3.79. The van der Waals surface area contributed by atoms with Gasteiger partial charge in [0.15, 0.2) is 0 Å². The molecule has 0 aliphatic carbocycles. The Morgan fingerprint density at radius 1 is 1.23 bits per heavy atom. The molecule has 0 atom stereocenters. The Balaban J connectivity index is 2.08. The van der Waals surface area contributed by atoms with Crippen molar-refractivity contribution in [2.75, 3.05) is 18.9 Å². The van der Waals surface area contributed by atoms with Crippen LogP contribution in [0.2, 0.25) is 5.02 Å². The van der Waals surface area contributed by atoms with Gasteiger partial charge in [0.05, 0.1) is 11.5 Å². The number of anilines is 1. The number of hydrogen-bond acceptors (Lipinski definition) is 4. The summed E-state index contributed by atoms with van der Waals surface area (Å²) in [5, 5.41) is 13.7. The van der Waals surface area contributed by atoms with E-state index in [0.717, 1.165) is 18.1 Å². The molecule has 0 bridgehead atoms. The van der Waals surface area contributed by atoms with Gasteiger partial charge in [0.1, 0.15) is 5.02 Å².